The first-order valence-corrected chi connectivity index (χ1v) is 5.29. The molecule has 0 atom stereocenters. The van der Waals surface area contributed by atoms with Crippen LogP contribution in [0.25, 0.3) is 0 Å². The monoisotopic (exact) mass is 228 g/mol. The predicted molar refractivity (Wildman–Crippen MR) is 61.4 cm³/mol. The van der Waals surface area contributed by atoms with Crippen LogP contribution in [0.4, 0.5) is 0 Å². The van der Waals surface area contributed by atoms with Crippen LogP contribution in [0.2, 0.25) is 0 Å². The Morgan fingerprint density at radius 3 is 2.35 bits per heavy atom. The molecule has 17 heavy (non-hydrogen) atoms. The molecule has 1 aromatic carbocycles. The van der Waals surface area contributed by atoms with Gasteiger partial charge in [-0.05, 0) is 32.9 Å². The van der Waals surface area contributed by atoms with Crippen molar-refractivity contribution in [3.8, 4) is 6.07 Å². The van der Waals surface area contributed by atoms with Gasteiger partial charge in [-0.3, -0.25) is 14.5 Å². The fourth-order valence-corrected chi connectivity index (χ4v) is 1.91. The van der Waals surface area contributed by atoms with Gasteiger partial charge in [0, 0.05) is 0 Å². The number of hydrogen-bond acceptors (Lipinski definition) is 3. The Kier molecular flexibility index (Phi) is 2.28. The SMILES string of the molecule is Cc1ccc2c(c1)C(=O)N(C(C)(C)C#N)C2=O. The van der Waals surface area contributed by atoms with Crippen molar-refractivity contribution in [3.05, 3.63) is 34.9 Å². The zero-order chi connectivity index (χ0) is 12.8. The Bertz CT molecular complexity index is 567. The summed E-state index contributed by atoms with van der Waals surface area (Å²) in [5.74, 6) is -0.781. The number of rotatable bonds is 1. The molecular formula is C13H12N2O2. The minimum atomic E-state index is -1.12. The number of benzene rings is 1. The molecule has 4 nitrogen and oxygen atoms in total. The van der Waals surface area contributed by atoms with Crippen molar-refractivity contribution in [1.82, 2.24) is 4.90 Å². The molecule has 0 fully saturated rings. The van der Waals surface area contributed by atoms with Gasteiger partial charge in [0.1, 0.15) is 5.54 Å². The van der Waals surface area contributed by atoms with Crippen LogP contribution in [0.5, 0.6) is 0 Å². The van der Waals surface area contributed by atoms with Crippen LogP contribution < -0.4 is 0 Å². The lowest BCUT2D eigenvalue weighted by Crippen LogP contribution is -2.46. The normalized spacial score (nSPS) is 14.8. The van der Waals surface area contributed by atoms with Gasteiger partial charge in [-0.2, -0.15) is 5.26 Å². The Balaban J connectivity index is 2.58. The van der Waals surface area contributed by atoms with E-state index < -0.39 is 11.4 Å². The molecule has 0 N–H and O–H groups in total. The maximum Gasteiger partial charge on any atom is 0.262 e. The van der Waals surface area contributed by atoms with E-state index in [0.717, 1.165) is 10.5 Å². The van der Waals surface area contributed by atoms with Crippen LogP contribution in [0.1, 0.15) is 40.1 Å². The molecule has 0 unspecified atom stereocenters. The van der Waals surface area contributed by atoms with Crippen LogP contribution in [-0.2, 0) is 0 Å². The van der Waals surface area contributed by atoms with Gasteiger partial charge in [-0.1, -0.05) is 11.6 Å². The Morgan fingerprint density at radius 1 is 1.18 bits per heavy atom. The standard InChI is InChI=1S/C13H12N2O2/c1-8-4-5-9-10(6-8)12(17)15(11(9)16)13(2,3)7-14/h4-6H,1-3H3. The lowest BCUT2D eigenvalue weighted by molar-refractivity contribution is 0.0549. The lowest BCUT2D eigenvalue weighted by atomic mass is 10.1. The van der Waals surface area contributed by atoms with E-state index in [-0.39, 0.29) is 5.91 Å². The molecule has 2 amide bonds. The van der Waals surface area contributed by atoms with Crippen LogP contribution in [0.3, 0.4) is 0 Å². The van der Waals surface area contributed by atoms with Gasteiger partial charge < -0.3 is 0 Å². The summed E-state index contributed by atoms with van der Waals surface area (Å²) in [6.45, 7) is 4.97. The van der Waals surface area contributed by atoms with Gasteiger partial charge in [-0.25, -0.2) is 0 Å². The lowest BCUT2D eigenvalue weighted by Gasteiger charge is -2.26. The number of aryl methyl sites for hydroxylation is 1. The van der Waals surface area contributed by atoms with E-state index in [1.807, 2.05) is 13.0 Å². The molecule has 86 valence electrons. The molecule has 2 rings (SSSR count). The first kappa shape index (κ1) is 11.3. The highest BCUT2D eigenvalue weighted by Crippen LogP contribution is 2.29. The van der Waals surface area contributed by atoms with Crippen LogP contribution in [-0.4, -0.2) is 22.3 Å². The number of carbonyl (C=O) groups excluding carboxylic acids is 2. The minimum Gasteiger partial charge on any atom is -0.269 e. The highest BCUT2D eigenvalue weighted by Gasteiger charge is 2.44. The zero-order valence-corrected chi connectivity index (χ0v) is 9.94. The van der Waals surface area contributed by atoms with E-state index in [1.165, 1.54) is 0 Å². The number of imide groups is 1. The van der Waals surface area contributed by atoms with Gasteiger partial charge in [0.25, 0.3) is 11.8 Å². The molecule has 0 saturated heterocycles. The fourth-order valence-electron chi connectivity index (χ4n) is 1.91. The van der Waals surface area contributed by atoms with Gasteiger partial charge in [0.2, 0.25) is 0 Å². The summed E-state index contributed by atoms with van der Waals surface area (Å²) >= 11 is 0. The molecule has 0 spiro atoms. The Hall–Kier alpha value is -2.15. The molecule has 0 bridgehead atoms. The topological polar surface area (TPSA) is 61.2 Å². The van der Waals surface area contributed by atoms with Gasteiger partial charge >= 0.3 is 0 Å². The van der Waals surface area contributed by atoms with Gasteiger partial charge in [0.15, 0.2) is 0 Å². The molecular weight excluding hydrogens is 216 g/mol. The Labute approximate surface area is 99.5 Å². The highest BCUT2D eigenvalue weighted by molar-refractivity contribution is 6.22. The summed E-state index contributed by atoms with van der Waals surface area (Å²) in [4.78, 5) is 25.2. The number of fused-ring (bicyclic) bond motifs is 1. The van der Waals surface area contributed by atoms with Crippen LogP contribution in [0.15, 0.2) is 18.2 Å². The third kappa shape index (κ3) is 1.51. The molecule has 1 aromatic rings. The van der Waals surface area contributed by atoms with E-state index >= 15 is 0 Å². The van der Waals surface area contributed by atoms with Crippen LogP contribution in [0, 0.1) is 18.3 Å². The molecule has 0 radical (unpaired) electrons. The predicted octanol–water partition coefficient (Wildman–Crippen LogP) is 1.89. The molecule has 4 heteroatoms. The zero-order valence-electron chi connectivity index (χ0n) is 9.94. The molecule has 1 aliphatic rings. The second kappa shape index (κ2) is 3.42. The minimum absolute atomic E-state index is 0.379. The van der Waals surface area contributed by atoms with Gasteiger partial charge in [-0.15, -0.1) is 0 Å². The van der Waals surface area contributed by atoms with E-state index in [1.54, 1.807) is 32.0 Å². The first-order chi connectivity index (χ1) is 7.88. The molecule has 1 heterocycles. The van der Waals surface area contributed by atoms with Crippen LogP contribution >= 0.6 is 0 Å². The van der Waals surface area contributed by atoms with Crippen molar-refractivity contribution in [2.24, 2.45) is 0 Å². The van der Waals surface area contributed by atoms with Crippen molar-refractivity contribution in [3.63, 3.8) is 0 Å². The van der Waals surface area contributed by atoms with Gasteiger partial charge in [0.05, 0.1) is 17.2 Å². The number of nitriles is 1. The van der Waals surface area contributed by atoms with Crippen molar-refractivity contribution >= 4 is 11.8 Å². The maximum atomic E-state index is 12.1. The fraction of sp³-hybridized carbons (Fsp3) is 0.308. The average Bonchev–Trinajstić information content (AvgIpc) is 2.52. The quantitative estimate of drug-likeness (QED) is 0.689. The third-order valence-corrected chi connectivity index (χ3v) is 2.87. The average molecular weight is 228 g/mol. The smallest absolute Gasteiger partial charge is 0.262 e. The van der Waals surface area contributed by atoms with Crippen molar-refractivity contribution < 1.29 is 9.59 Å². The second-order valence-corrected chi connectivity index (χ2v) is 4.67. The summed E-state index contributed by atoms with van der Waals surface area (Å²) in [5, 5.41) is 9.03. The summed E-state index contributed by atoms with van der Waals surface area (Å²) in [5.41, 5.74) is 0.560. The number of amides is 2. The van der Waals surface area contributed by atoms with E-state index in [9.17, 15) is 9.59 Å². The second-order valence-electron chi connectivity index (χ2n) is 4.67. The molecule has 0 aromatic heterocycles. The number of carbonyl (C=O) groups is 2. The molecule has 1 aliphatic heterocycles. The number of nitrogens with zero attached hydrogens (tertiary/aromatic N) is 2. The summed E-state index contributed by atoms with van der Waals surface area (Å²) in [6, 6.07) is 7.08. The first-order valence-electron chi connectivity index (χ1n) is 5.29. The highest BCUT2D eigenvalue weighted by atomic mass is 16.2. The summed E-state index contributed by atoms with van der Waals surface area (Å²) in [7, 11) is 0. The number of hydrogen-bond donors (Lipinski definition) is 0. The Morgan fingerprint density at radius 2 is 1.76 bits per heavy atom. The van der Waals surface area contributed by atoms with Crippen molar-refractivity contribution in [2.75, 3.05) is 0 Å². The largest absolute Gasteiger partial charge is 0.269 e. The van der Waals surface area contributed by atoms with Crippen molar-refractivity contribution in [1.29, 1.82) is 5.26 Å². The van der Waals surface area contributed by atoms with E-state index in [0.29, 0.717) is 11.1 Å². The van der Waals surface area contributed by atoms with E-state index in [2.05, 4.69) is 0 Å². The summed E-state index contributed by atoms with van der Waals surface area (Å²) < 4.78 is 0. The summed E-state index contributed by atoms with van der Waals surface area (Å²) in [6.07, 6.45) is 0. The van der Waals surface area contributed by atoms with Crippen molar-refractivity contribution in [2.45, 2.75) is 26.3 Å². The van der Waals surface area contributed by atoms with E-state index in [4.69, 9.17) is 5.26 Å². The maximum absolute atomic E-state index is 12.1. The molecule has 0 saturated carbocycles. The molecule has 0 aliphatic carbocycles. The third-order valence-electron chi connectivity index (χ3n) is 2.87.